The highest BCUT2D eigenvalue weighted by molar-refractivity contribution is 6.30. The van der Waals surface area contributed by atoms with Crippen molar-refractivity contribution < 1.29 is 0 Å². The highest BCUT2D eigenvalue weighted by atomic mass is 35.5. The van der Waals surface area contributed by atoms with Crippen molar-refractivity contribution in [2.24, 2.45) is 0 Å². The largest absolute Gasteiger partial charge is 0.306 e. The monoisotopic (exact) mass is 285 g/mol. The van der Waals surface area contributed by atoms with Gasteiger partial charge in [0.05, 0.1) is 0 Å². The van der Waals surface area contributed by atoms with E-state index in [0.717, 1.165) is 17.5 Å². The van der Waals surface area contributed by atoms with E-state index in [0.29, 0.717) is 6.04 Å². The van der Waals surface area contributed by atoms with E-state index >= 15 is 0 Å². The van der Waals surface area contributed by atoms with E-state index in [2.05, 4.69) is 42.6 Å². The third-order valence-corrected chi connectivity index (χ3v) is 4.22. The minimum absolute atomic E-state index is 0.303. The average Bonchev–Trinajstić information content (AvgIpc) is 3.30. The van der Waals surface area contributed by atoms with Crippen LogP contribution in [0.4, 0.5) is 0 Å². The lowest BCUT2D eigenvalue weighted by atomic mass is 10.1. The van der Waals surface area contributed by atoms with Crippen LogP contribution in [0.2, 0.25) is 5.02 Å². The Bertz CT molecular complexity index is 572. The van der Waals surface area contributed by atoms with Gasteiger partial charge in [-0.1, -0.05) is 48.0 Å². The molecule has 3 rings (SSSR count). The molecule has 1 aliphatic carbocycles. The Morgan fingerprint density at radius 2 is 1.90 bits per heavy atom. The van der Waals surface area contributed by atoms with Crippen LogP contribution >= 0.6 is 11.6 Å². The third kappa shape index (κ3) is 3.41. The Balaban J connectivity index is 1.58. The van der Waals surface area contributed by atoms with Gasteiger partial charge in [0, 0.05) is 17.6 Å². The van der Waals surface area contributed by atoms with Gasteiger partial charge in [0.2, 0.25) is 0 Å². The van der Waals surface area contributed by atoms with Crippen LogP contribution < -0.4 is 5.32 Å². The topological polar surface area (TPSA) is 12.0 Å². The van der Waals surface area contributed by atoms with Crippen LogP contribution in [0.15, 0.2) is 48.5 Å². The number of halogens is 1. The van der Waals surface area contributed by atoms with E-state index in [4.69, 9.17) is 11.6 Å². The van der Waals surface area contributed by atoms with Crippen LogP contribution in [0, 0.1) is 0 Å². The summed E-state index contributed by atoms with van der Waals surface area (Å²) in [5, 5.41) is 4.34. The number of rotatable bonds is 5. The molecular weight excluding hydrogens is 266 g/mol. The molecule has 2 heteroatoms. The highest BCUT2D eigenvalue weighted by Gasteiger charge is 2.22. The SMILES string of the molecule is C[C@H](NCc1ccc(C2CC2)cc1)c1cccc(Cl)c1. The van der Waals surface area contributed by atoms with Crippen molar-refractivity contribution in [3.63, 3.8) is 0 Å². The van der Waals surface area contributed by atoms with Crippen LogP contribution in [-0.4, -0.2) is 0 Å². The molecule has 0 amide bonds. The zero-order valence-corrected chi connectivity index (χ0v) is 12.5. The molecule has 0 aromatic heterocycles. The van der Waals surface area contributed by atoms with Gasteiger partial charge in [-0.3, -0.25) is 0 Å². The number of hydrogen-bond acceptors (Lipinski definition) is 1. The van der Waals surface area contributed by atoms with E-state index in [1.54, 1.807) is 0 Å². The minimum Gasteiger partial charge on any atom is -0.306 e. The van der Waals surface area contributed by atoms with Crippen LogP contribution in [0.3, 0.4) is 0 Å². The van der Waals surface area contributed by atoms with Crippen molar-refractivity contribution >= 4 is 11.6 Å². The first-order valence-corrected chi connectivity index (χ1v) is 7.68. The maximum absolute atomic E-state index is 6.03. The molecule has 1 atom stereocenters. The van der Waals surface area contributed by atoms with Gasteiger partial charge in [-0.25, -0.2) is 0 Å². The molecule has 20 heavy (non-hydrogen) atoms. The Kier molecular flexibility index (Phi) is 4.09. The molecule has 0 bridgehead atoms. The van der Waals surface area contributed by atoms with Crippen LogP contribution in [-0.2, 0) is 6.54 Å². The number of hydrogen-bond donors (Lipinski definition) is 1. The van der Waals surface area contributed by atoms with E-state index in [1.165, 1.54) is 29.5 Å². The summed E-state index contributed by atoms with van der Waals surface area (Å²) in [5.41, 5.74) is 4.06. The van der Waals surface area contributed by atoms with Gasteiger partial charge in [0.25, 0.3) is 0 Å². The molecule has 1 saturated carbocycles. The standard InChI is InChI=1S/C18H20ClN/c1-13(17-3-2-4-18(19)11-17)20-12-14-5-7-15(8-6-14)16-9-10-16/h2-8,11,13,16,20H,9-10,12H2,1H3/t13-/m0/s1. The first kappa shape index (κ1) is 13.7. The molecular formula is C18H20ClN. The van der Waals surface area contributed by atoms with E-state index in [9.17, 15) is 0 Å². The first-order valence-electron chi connectivity index (χ1n) is 7.30. The predicted octanol–water partition coefficient (Wildman–Crippen LogP) is 5.07. The molecule has 2 aromatic carbocycles. The lowest BCUT2D eigenvalue weighted by Gasteiger charge is -2.15. The molecule has 1 fully saturated rings. The maximum Gasteiger partial charge on any atom is 0.0409 e. The second-order valence-corrected chi connectivity index (χ2v) is 6.11. The number of nitrogens with one attached hydrogen (secondary N) is 1. The van der Waals surface area contributed by atoms with Crippen LogP contribution in [0.5, 0.6) is 0 Å². The summed E-state index contributed by atoms with van der Waals surface area (Å²) >= 11 is 6.03. The fourth-order valence-electron chi connectivity index (χ4n) is 2.49. The lowest BCUT2D eigenvalue weighted by molar-refractivity contribution is 0.574. The van der Waals surface area contributed by atoms with E-state index in [1.807, 2.05) is 18.2 Å². The van der Waals surface area contributed by atoms with Crippen LogP contribution in [0.1, 0.15) is 48.4 Å². The molecule has 1 N–H and O–H groups in total. The van der Waals surface area contributed by atoms with Crippen molar-refractivity contribution in [1.29, 1.82) is 0 Å². The predicted molar refractivity (Wildman–Crippen MR) is 85.1 cm³/mol. The van der Waals surface area contributed by atoms with Gasteiger partial charge in [-0.2, -0.15) is 0 Å². The van der Waals surface area contributed by atoms with Gasteiger partial charge < -0.3 is 5.32 Å². The Morgan fingerprint density at radius 1 is 1.15 bits per heavy atom. The van der Waals surface area contributed by atoms with Crippen molar-refractivity contribution in [2.75, 3.05) is 0 Å². The second kappa shape index (κ2) is 5.99. The molecule has 104 valence electrons. The fraction of sp³-hybridized carbons (Fsp3) is 0.333. The first-order chi connectivity index (χ1) is 9.72. The van der Waals surface area contributed by atoms with Gasteiger partial charge in [-0.05, 0) is 54.5 Å². The Labute approximate surface area is 126 Å². The average molecular weight is 286 g/mol. The quantitative estimate of drug-likeness (QED) is 0.809. The van der Waals surface area contributed by atoms with Crippen LogP contribution in [0.25, 0.3) is 0 Å². The molecule has 0 saturated heterocycles. The van der Waals surface area contributed by atoms with Crippen molar-refractivity contribution in [1.82, 2.24) is 5.32 Å². The van der Waals surface area contributed by atoms with E-state index in [-0.39, 0.29) is 0 Å². The lowest BCUT2D eigenvalue weighted by Crippen LogP contribution is -2.18. The summed E-state index contributed by atoms with van der Waals surface area (Å²) in [6.07, 6.45) is 2.73. The smallest absolute Gasteiger partial charge is 0.0409 e. The van der Waals surface area contributed by atoms with Gasteiger partial charge >= 0.3 is 0 Å². The zero-order valence-electron chi connectivity index (χ0n) is 11.8. The molecule has 0 spiro atoms. The molecule has 1 nitrogen and oxygen atoms in total. The molecule has 0 unspecified atom stereocenters. The van der Waals surface area contributed by atoms with Gasteiger partial charge in [0.15, 0.2) is 0 Å². The van der Waals surface area contributed by atoms with Gasteiger partial charge in [0.1, 0.15) is 0 Å². The highest BCUT2D eigenvalue weighted by Crippen LogP contribution is 2.39. The Morgan fingerprint density at radius 3 is 2.55 bits per heavy atom. The zero-order chi connectivity index (χ0) is 13.9. The summed E-state index contributed by atoms with van der Waals surface area (Å²) < 4.78 is 0. The summed E-state index contributed by atoms with van der Waals surface area (Å²) in [7, 11) is 0. The normalized spacial score (nSPS) is 16.1. The Hall–Kier alpha value is -1.31. The summed E-state index contributed by atoms with van der Waals surface area (Å²) in [6.45, 7) is 3.06. The van der Waals surface area contributed by atoms with Gasteiger partial charge in [-0.15, -0.1) is 0 Å². The fourth-order valence-corrected chi connectivity index (χ4v) is 2.69. The molecule has 2 aromatic rings. The number of benzene rings is 2. The van der Waals surface area contributed by atoms with Crippen molar-refractivity contribution in [2.45, 2.75) is 38.3 Å². The molecule has 0 heterocycles. The summed E-state index contributed by atoms with van der Waals surface area (Å²) in [4.78, 5) is 0. The molecule has 0 aliphatic heterocycles. The summed E-state index contributed by atoms with van der Waals surface area (Å²) in [5.74, 6) is 0.836. The molecule has 1 aliphatic rings. The second-order valence-electron chi connectivity index (χ2n) is 5.67. The molecule has 0 radical (unpaired) electrons. The third-order valence-electron chi connectivity index (χ3n) is 3.99. The maximum atomic E-state index is 6.03. The van der Waals surface area contributed by atoms with Crippen molar-refractivity contribution in [3.05, 3.63) is 70.2 Å². The van der Waals surface area contributed by atoms with E-state index < -0.39 is 0 Å². The summed E-state index contributed by atoms with van der Waals surface area (Å²) in [6, 6.07) is 17.4. The van der Waals surface area contributed by atoms with Crippen molar-refractivity contribution in [3.8, 4) is 0 Å². The minimum atomic E-state index is 0.303.